The van der Waals surface area contributed by atoms with E-state index in [1.54, 1.807) is 0 Å². The third-order valence-electron chi connectivity index (χ3n) is 3.52. The van der Waals surface area contributed by atoms with Gasteiger partial charge in [-0.15, -0.1) is 0 Å². The second-order valence-electron chi connectivity index (χ2n) is 5.12. The van der Waals surface area contributed by atoms with Crippen LogP contribution < -0.4 is 4.72 Å². The number of anilines is 1. The van der Waals surface area contributed by atoms with Crippen molar-refractivity contribution in [3.8, 4) is 0 Å². The molecule has 1 fully saturated rings. The van der Waals surface area contributed by atoms with Gasteiger partial charge in [-0.1, -0.05) is 18.9 Å². The maximum atomic E-state index is 12.6. The first-order valence-electron chi connectivity index (χ1n) is 6.57. The third kappa shape index (κ3) is 3.88. The van der Waals surface area contributed by atoms with Crippen molar-refractivity contribution in [2.45, 2.75) is 43.2 Å². The highest BCUT2D eigenvalue weighted by molar-refractivity contribution is 7.93. The second-order valence-corrected chi connectivity index (χ2v) is 7.02. The van der Waals surface area contributed by atoms with Gasteiger partial charge in [0.25, 0.3) is 0 Å². The minimum atomic E-state index is -4.54. The van der Waals surface area contributed by atoms with Crippen molar-refractivity contribution in [1.82, 2.24) is 0 Å². The average Bonchev–Trinajstić information content (AvgIpc) is 2.37. The quantitative estimate of drug-likeness (QED) is 0.899. The first-order valence-corrected chi connectivity index (χ1v) is 8.12. The van der Waals surface area contributed by atoms with Crippen LogP contribution in [0.5, 0.6) is 0 Å². The number of nitrogens with one attached hydrogen (secondary N) is 1. The molecule has 2 N–H and O–H groups in total. The van der Waals surface area contributed by atoms with E-state index in [1.807, 2.05) is 0 Å². The lowest BCUT2D eigenvalue weighted by atomic mass is 9.97. The zero-order valence-electron chi connectivity index (χ0n) is 11.1. The SMILES string of the molecule is O=S(=O)(Nc1cccc(C(F)(F)F)c1)C1CCCCC1O. The van der Waals surface area contributed by atoms with Crippen molar-refractivity contribution in [1.29, 1.82) is 0 Å². The normalized spacial score (nSPS) is 23.8. The number of alkyl halides is 3. The lowest BCUT2D eigenvalue weighted by molar-refractivity contribution is -0.137. The van der Waals surface area contributed by atoms with Gasteiger partial charge in [-0.2, -0.15) is 13.2 Å². The zero-order valence-corrected chi connectivity index (χ0v) is 11.9. The van der Waals surface area contributed by atoms with Crippen LogP contribution >= 0.6 is 0 Å². The van der Waals surface area contributed by atoms with E-state index in [4.69, 9.17) is 0 Å². The third-order valence-corrected chi connectivity index (χ3v) is 5.38. The summed E-state index contributed by atoms with van der Waals surface area (Å²) in [5.74, 6) is 0. The first kappa shape index (κ1) is 16.1. The van der Waals surface area contributed by atoms with Crippen LogP contribution in [-0.2, 0) is 16.2 Å². The Kier molecular flexibility index (Phi) is 4.48. The van der Waals surface area contributed by atoms with Gasteiger partial charge in [0.05, 0.1) is 11.7 Å². The molecule has 4 nitrogen and oxygen atoms in total. The molecule has 0 spiro atoms. The number of sulfonamides is 1. The summed E-state index contributed by atoms with van der Waals surface area (Å²) in [6.07, 6.45) is -3.42. The molecule has 1 aromatic carbocycles. The maximum absolute atomic E-state index is 12.6. The van der Waals surface area contributed by atoms with E-state index in [-0.39, 0.29) is 5.69 Å². The van der Waals surface area contributed by atoms with Crippen molar-refractivity contribution < 1.29 is 26.7 Å². The summed E-state index contributed by atoms with van der Waals surface area (Å²) in [5, 5.41) is 8.78. The van der Waals surface area contributed by atoms with Crippen LogP contribution in [0.15, 0.2) is 24.3 Å². The average molecular weight is 323 g/mol. The fourth-order valence-electron chi connectivity index (χ4n) is 2.44. The van der Waals surface area contributed by atoms with E-state index in [2.05, 4.69) is 4.72 Å². The zero-order chi connectivity index (χ0) is 15.7. The molecule has 1 aliphatic rings. The Morgan fingerprint density at radius 2 is 1.86 bits per heavy atom. The van der Waals surface area contributed by atoms with Crippen LogP contribution in [0.25, 0.3) is 0 Å². The molecular weight excluding hydrogens is 307 g/mol. The fourth-order valence-corrected chi connectivity index (χ4v) is 4.07. The lowest BCUT2D eigenvalue weighted by Crippen LogP contribution is -2.40. The van der Waals surface area contributed by atoms with Gasteiger partial charge in [-0.3, -0.25) is 4.72 Å². The molecule has 0 bridgehead atoms. The summed E-state index contributed by atoms with van der Waals surface area (Å²) in [5.41, 5.74) is -1.07. The van der Waals surface area contributed by atoms with E-state index >= 15 is 0 Å². The molecule has 0 heterocycles. The van der Waals surface area contributed by atoms with Crippen LogP contribution in [0.4, 0.5) is 18.9 Å². The van der Waals surface area contributed by atoms with Crippen LogP contribution in [0, 0.1) is 0 Å². The number of halogens is 3. The van der Waals surface area contributed by atoms with Gasteiger partial charge in [-0.05, 0) is 31.0 Å². The number of aliphatic hydroxyl groups excluding tert-OH is 1. The number of rotatable bonds is 3. The van der Waals surface area contributed by atoms with E-state index < -0.39 is 33.1 Å². The molecule has 0 radical (unpaired) electrons. The summed E-state index contributed by atoms with van der Waals surface area (Å²) < 4.78 is 64.3. The number of hydrogen-bond donors (Lipinski definition) is 2. The van der Waals surface area contributed by atoms with Gasteiger partial charge in [0.15, 0.2) is 0 Å². The Labute approximate surface area is 121 Å². The molecule has 0 saturated heterocycles. The lowest BCUT2D eigenvalue weighted by Gasteiger charge is -2.27. The van der Waals surface area contributed by atoms with Gasteiger partial charge in [-0.25, -0.2) is 8.42 Å². The molecule has 1 aromatic rings. The molecule has 8 heteroatoms. The summed E-state index contributed by atoms with van der Waals surface area (Å²) in [7, 11) is -3.92. The van der Waals surface area contributed by atoms with Crippen LogP contribution in [0.3, 0.4) is 0 Å². The Bertz CT molecular complexity index is 601. The number of hydrogen-bond acceptors (Lipinski definition) is 3. The Balaban J connectivity index is 2.20. The standard InChI is InChI=1S/C13H16F3NO3S/c14-13(15,16)9-4-3-5-10(8-9)17-21(19,20)12-7-2-1-6-11(12)18/h3-5,8,11-12,17-18H,1-2,6-7H2. The Hall–Kier alpha value is -1.28. The van der Waals surface area contributed by atoms with Crippen molar-refractivity contribution in [3.05, 3.63) is 29.8 Å². The topological polar surface area (TPSA) is 66.4 Å². The summed E-state index contributed by atoms with van der Waals surface area (Å²) in [6.45, 7) is 0. The van der Waals surface area contributed by atoms with Crippen LogP contribution in [0.2, 0.25) is 0 Å². The molecule has 2 unspecified atom stereocenters. The molecule has 0 aliphatic heterocycles. The van der Waals surface area contributed by atoms with Gasteiger partial charge < -0.3 is 5.11 Å². The van der Waals surface area contributed by atoms with Gasteiger partial charge >= 0.3 is 6.18 Å². The molecule has 0 amide bonds. The molecular formula is C13H16F3NO3S. The fraction of sp³-hybridized carbons (Fsp3) is 0.538. The largest absolute Gasteiger partial charge is 0.416 e. The van der Waals surface area contributed by atoms with Crippen molar-refractivity contribution in [3.63, 3.8) is 0 Å². The van der Waals surface area contributed by atoms with Gasteiger partial charge in [0.1, 0.15) is 5.25 Å². The first-order chi connectivity index (χ1) is 9.70. The Morgan fingerprint density at radius 3 is 2.48 bits per heavy atom. The monoisotopic (exact) mass is 323 g/mol. The molecule has 1 aliphatic carbocycles. The highest BCUT2D eigenvalue weighted by Gasteiger charge is 2.35. The van der Waals surface area contributed by atoms with E-state index in [0.717, 1.165) is 24.6 Å². The molecule has 118 valence electrons. The minimum absolute atomic E-state index is 0.150. The highest BCUT2D eigenvalue weighted by atomic mass is 32.2. The Morgan fingerprint density at radius 1 is 1.19 bits per heavy atom. The van der Waals surface area contributed by atoms with E-state index in [9.17, 15) is 26.7 Å². The van der Waals surface area contributed by atoms with E-state index in [1.165, 1.54) is 6.07 Å². The van der Waals surface area contributed by atoms with Gasteiger partial charge in [0, 0.05) is 5.69 Å². The summed E-state index contributed by atoms with van der Waals surface area (Å²) in [6, 6.07) is 4.00. The van der Waals surface area contributed by atoms with E-state index in [0.29, 0.717) is 19.3 Å². The summed E-state index contributed by atoms with van der Waals surface area (Å²) >= 11 is 0. The molecule has 0 aromatic heterocycles. The molecule has 1 saturated carbocycles. The number of benzene rings is 1. The van der Waals surface area contributed by atoms with Crippen LogP contribution in [0.1, 0.15) is 31.2 Å². The van der Waals surface area contributed by atoms with Crippen molar-refractivity contribution in [2.24, 2.45) is 0 Å². The van der Waals surface area contributed by atoms with Crippen molar-refractivity contribution >= 4 is 15.7 Å². The summed E-state index contributed by atoms with van der Waals surface area (Å²) in [4.78, 5) is 0. The molecule has 21 heavy (non-hydrogen) atoms. The van der Waals surface area contributed by atoms with Crippen molar-refractivity contribution in [2.75, 3.05) is 4.72 Å². The predicted molar refractivity (Wildman–Crippen MR) is 72.2 cm³/mol. The maximum Gasteiger partial charge on any atom is 0.416 e. The minimum Gasteiger partial charge on any atom is -0.392 e. The highest BCUT2D eigenvalue weighted by Crippen LogP contribution is 2.32. The number of aliphatic hydroxyl groups is 1. The van der Waals surface area contributed by atoms with Crippen LogP contribution in [-0.4, -0.2) is 24.9 Å². The van der Waals surface area contributed by atoms with Gasteiger partial charge in [0.2, 0.25) is 10.0 Å². The molecule has 2 atom stereocenters. The molecule has 2 rings (SSSR count). The predicted octanol–water partition coefficient (Wildman–Crippen LogP) is 2.75. The second kappa shape index (κ2) is 5.84. The smallest absolute Gasteiger partial charge is 0.392 e.